The fraction of sp³-hybridized carbons (Fsp3) is 0.294. The average Bonchev–Trinajstić information content (AvgIpc) is 2.46. The number of hydrogen-bond donors (Lipinski definition) is 1. The molecule has 0 fully saturated rings. The number of aryl methyl sites for hydroxylation is 1. The second kappa shape index (κ2) is 5.55. The summed E-state index contributed by atoms with van der Waals surface area (Å²) in [6.45, 7) is 4.03. The van der Waals surface area contributed by atoms with Gasteiger partial charge in [0.1, 0.15) is 11.5 Å². The molecule has 1 unspecified atom stereocenters. The van der Waals surface area contributed by atoms with E-state index < -0.39 is 5.54 Å². The van der Waals surface area contributed by atoms with Crippen LogP contribution in [0.1, 0.15) is 23.6 Å². The summed E-state index contributed by atoms with van der Waals surface area (Å²) >= 11 is 0. The predicted molar refractivity (Wildman–Crippen MR) is 81.4 cm³/mol. The van der Waals surface area contributed by atoms with Crippen LogP contribution in [0.25, 0.3) is 0 Å². The third-order valence-electron chi connectivity index (χ3n) is 3.60. The average molecular weight is 271 g/mol. The number of benzene rings is 2. The van der Waals surface area contributed by atoms with E-state index in [1.807, 2.05) is 37.3 Å². The molecule has 106 valence electrons. The maximum absolute atomic E-state index is 6.60. The van der Waals surface area contributed by atoms with Crippen molar-refractivity contribution in [1.82, 2.24) is 0 Å². The maximum Gasteiger partial charge on any atom is 0.127 e. The van der Waals surface area contributed by atoms with Crippen LogP contribution in [0.2, 0.25) is 0 Å². The Hall–Kier alpha value is -2.00. The van der Waals surface area contributed by atoms with Crippen molar-refractivity contribution in [1.29, 1.82) is 0 Å². The van der Waals surface area contributed by atoms with Gasteiger partial charge < -0.3 is 15.2 Å². The molecule has 0 aliphatic carbocycles. The van der Waals surface area contributed by atoms with Crippen LogP contribution in [0.5, 0.6) is 11.5 Å². The van der Waals surface area contributed by atoms with Crippen molar-refractivity contribution in [2.75, 3.05) is 14.2 Å². The molecular weight excluding hydrogens is 250 g/mol. The van der Waals surface area contributed by atoms with Crippen molar-refractivity contribution < 1.29 is 9.47 Å². The van der Waals surface area contributed by atoms with Crippen molar-refractivity contribution in [3.05, 3.63) is 59.2 Å². The first kappa shape index (κ1) is 14.4. The molecule has 0 aliphatic heterocycles. The normalized spacial score (nSPS) is 13.7. The molecule has 0 saturated carbocycles. The number of ether oxygens (including phenoxy) is 2. The zero-order valence-corrected chi connectivity index (χ0v) is 12.4. The highest BCUT2D eigenvalue weighted by atomic mass is 16.5. The molecule has 2 aromatic rings. The number of methoxy groups -OCH3 is 2. The summed E-state index contributed by atoms with van der Waals surface area (Å²) in [5.41, 5.74) is 8.99. The Morgan fingerprint density at radius 1 is 0.900 bits per heavy atom. The monoisotopic (exact) mass is 271 g/mol. The van der Waals surface area contributed by atoms with Gasteiger partial charge in [-0.15, -0.1) is 0 Å². The van der Waals surface area contributed by atoms with Crippen LogP contribution in [0.15, 0.2) is 42.5 Å². The fourth-order valence-corrected chi connectivity index (χ4v) is 2.41. The van der Waals surface area contributed by atoms with Gasteiger partial charge in [0.05, 0.1) is 25.3 Å². The molecule has 0 aliphatic rings. The second-order valence-electron chi connectivity index (χ2n) is 5.11. The Morgan fingerprint density at radius 3 is 1.85 bits per heavy atom. The number of hydrogen-bond acceptors (Lipinski definition) is 3. The summed E-state index contributed by atoms with van der Waals surface area (Å²) in [5, 5.41) is 0. The summed E-state index contributed by atoms with van der Waals surface area (Å²) in [7, 11) is 3.28. The number of nitrogens with two attached hydrogens (primary N) is 1. The topological polar surface area (TPSA) is 44.5 Å². The van der Waals surface area contributed by atoms with Gasteiger partial charge in [-0.1, -0.05) is 35.9 Å². The molecule has 0 saturated heterocycles. The van der Waals surface area contributed by atoms with E-state index in [4.69, 9.17) is 15.2 Å². The van der Waals surface area contributed by atoms with Gasteiger partial charge in [-0.2, -0.15) is 0 Å². The largest absolute Gasteiger partial charge is 0.496 e. The number of rotatable bonds is 4. The highest BCUT2D eigenvalue weighted by Gasteiger charge is 2.30. The predicted octanol–water partition coefficient (Wildman–Crippen LogP) is 3.23. The molecule has 0 heterocycles. The van der Waals surface area contributed by atoms with Gasteiger partial charge in [-0.3, -0.25) is 0 Å². The molecule has 2 aromatic carbocycles. The van der Waals surface area contributed by atoms with Crippen molar-refractivity contribution in [3.63, 3.8) is 0 Å². The quantitative estimate of drug-likeness (QED) is 0.928. The van der Waals surface area contributed by atoms with E-state index >= 15 is 0 Å². The van der Waals surface area contributed by atoms with Gasteiger partial charge in [0, 0.05) is 0 Å². The Balaban J connectivity index is 2.61. The van der Waals surface area contributed by atoms with E-state index in [1.54, 1.807) is 14.2 Å². The minimum absolute atomic E-state index is 0.689. The Bertz CT molecular complexity index is 566. The van der Waals surface area contributed by atoms with Gasteiger partial charge in [-0.05, 0) is 31.5 Å². The first-order valence-corrected chi connectivity index (χ1v) is 6.58. The lowest BCUT2D eigenvalue weighted by molar-refractivity contribution is 0.369. The van der Waals surface area contributed by atoms with E-state index in [-0.39, 0.29) is 0 Å². The molecule has 2 rings (SSSR count). The van der Waals surface area contributed by atoms with Crippen LogP contribution in [0.3, 0.4) is 0 Å². The molecule has 20 heavy (non-hydrogen) atoms. The summed E-state index contributed by atoms with van der Waals surface area (Å²) in [5.74, 6) is 1.46. The third kappa shape index (κ3) is 2.49. The summed E-state index contributed by atoms with van der Waals surface area (Å²) in [6, 6.07) is 13.9. The van der Waals surface area contributed by atoms with Crippen LogP contribution in [0.4, 0.5) is 0 Å². The van der Waals surface area contributed by atoms with Crippen molar-refractivity contribution in [2.45, 2.75) is 19.4 Å². The van der Waals surface area contributed by atoms with Crippen LogP contribution in [-0.4, -0.2) is 14.2 Å². The summed E-state index contributed by atoms with van der Waals surface area (Å²) < 4.78 is 10.9. The van der Waals surface area contributed by atoms with E-state index in [0.29, 0.717) is 0 Å². The minimum Gasteiger partial charge on any atom is -0.496 e. The molecule has 3 heteroatoms. The van der Waals surface area contributed by atoms with Gasteiger partial charge in [0.2, 0.25) is 0 Å². The van der Waals surface area contributed by atoms with Crippen LogP contribution >= 0.6 is 0 Å². The van der Waals surface area contributed by atoms with Crippen molar-refractivity contribution >= 4 is 0 Å². The molecule has 0 bridgehead atoms. The standard InChI is InChI=1S/C17H21NO2/c1-12-8-10-13(11-9-12)17(2,18)16-14(19-3)6-5-7-15(16)20-4/h5-11H,18H2,1-4H3. The molecule has 0 aromatic heterocycles. The lowest BCUT2D eigenvalue weighted by atomic mass is 9.84. The van der Waals surface area contributed by atoms with Crippen LogP contribution in [-0.2, 0) is 5.54 Å². The van der Waals surface area contributed by atoms with Crippen LogP contribution < -0.4 is 15.2 Å². The van der Waals surface area contributed by atoms with Crippen LogP contribution in [0, 0.1) is 6.92 Å². The lowest BCUT2D eigenvalue weighted by Crippen LogP contribution is -2.35. The molecule has 1 atom stereocenters. The van der Waals surface area contributed by atoms with Crippen molar-refractivity contribution in [2.24, 2.45) is 5.73 Å². The van der Waals surface area contributed by atoms with E-state index in [1.165, 1.54) is 5.56 Å². The molecule has 2 N–H and O–H groups in total. The Kier molecular flexibility index (Phi) is 4.00. The first-order valence-electron chi connectivity index (χ1n) is 6.58. The highest BCUT2D eigenvalue weighted by molar-refractivity contribution is 5.53. The lowest BCUT2D eigenvalue weighted by Gasteiger charge is -2.29. The van der Waals surface area contributed by atoms with E-state index in [0.717, 1.165) is 22.6 Å². The van der Waals surface area contributed by atoms with Gasteiger partial charge in [0.25, 0.3) is 0 Å². The SMILES string of the molecule is COc1cccc(OC)c1C(C)(N)c1ccc(C)cc1. The summed E-state index contributed by atoms with van der Waals surface area (Å²) in [4.78, 5) is 0. The molecular formula is C17H21NO2. The highest BCUT2D eigenvalue weighted by Crippen LogP contribution is 2.39. The first-order chi connectivity index (χ1) is 9.50. The van der Waals surface area contributed by atoms with E-state index in [9.17, 15) is 0 Å². The molecule has 0 amide bonds. The van der Waals surface area contributed by atoms with Gasteiger partial charge in [-0.25, -0.2) is 0 Å². The minimum atomic E-state index is -0.689. The third-order valence-corrected chi connectivity index (χ3v) is 3.60. The molecule has 0 spiro atoms. The molecule has 3 nitrogen and oxygen atoms in total. The summed E-state index contributed by atoms with van der Waals surface area (Å²) in [6.07, 6.45) is 0. The zero-order chi connectivity index (χ0) is 14.8. The maximum atomic E-state index is 6.60. The molecule has 0 radical (unpaired) electrons. The van der Waals surface area contributed by atoms with Gasteiger partial charge in [0.15, 0.2) is 0 Å². The Labute approximate surface area is 120 Å². The van der Waals surface area contributed by atoms with E-state index in [2.05, 4.69) is 19.1 Å². The van der Waals surface area contributed by atoms with Gasteiger partial charge >= 0.3 is 0 Å². The smallest absolute Gasteiger partial charge is 0.127 e. The van der Waals surface area contributed by atoms with Crippen molar-refractivity contribution in [3.8, 4) is 11.5 Å². The second-order valence-corrected chi connectivity index (χ2v) is 5.11. The fourth-order valence-electron chi connectivity index (χ4n) is 2.41. The Morgan fingerprint density at radius 2 is 1.40 bits per heavy atom. The zero-order valence-electron chi connectivity index (χ0n) is 12.4.